The van der Waals surface area contributed by atoms with E-state index in [0.717, 1.165) is 17.9 Å². The molecule has 1 N–H and O–H groups in total. The molecule has 106 valence electrons. The molecular formula is C15H22BrNO2. The summed E-state index contributed by atoms with van der Waals surface area (Å²) in [6.45, 7) is 8.37. The number of hydrogen-bond donors (Lipinski definition) is 1. The lowest BCUT2D eigenvalue weighted by molar-refractivity contribution is -0.118. The fourth-order valence-electron chi connectivity index (χ4n) is 1.67. The Morgan fingerprint density at radius 3 is 2.58 bits per heavy atom. The van der Waals surface area contributed by atoms with Crippen LogP contribution in [0.25, 0.3) is 0 Å². The molecule has 0 spiro atoms. The van der Waals surface area contributed by atoms with Crippen LogP contribution < -0.4 is 10.1 Å². The van der Waals surface area contributed by atoms with Gasteiger partial charge in [-0.1, -0.05) is 42.8 Å². The van der Waals surface area contributed by atoms with Crippen LogP contribution in [-0.4, -0.2) is 17.3 Å². The average molecular weight is 328 g/mol. The summed E-state index contributed by atoms with van der Waals surface area (Å²) in [5.74, 6) is 0.696. The van der Waals surface area contributed by atoms with E-state index in [9.17, 15) is 4.79 Å². The van der Waals surface area contributed by atoms with Crippen molar-refractivity contribution >= 4 is 27.5 Å². The largest absolute Gasteiger partial charge is 0.492 e. The molecule has 0 radical (unpaired) electrons. The second kappa shape index (κ2) is 7.53. The number of nitrogens with one attached hydrogen (secondary N) is 1. The van der Waals surface area contributed by atoms with E-state index in [1.54, 1.807) is 0 Å². The first kappa shape index (κ1) is 16.0. The number of alkyl halides is 1. The Morgan fingerprint density at radius 1 is 1.37 bits per heavy atom. The van der Waals surface area contributed by atoms with Gasteiger partial charge in [-0.3, -0.25) is 4.79 Å². The van der Waals surface area contributed by atoms with Gasteiger partial charge in [0.2, 0.25) is 5.91 Å². The SMILES string of the molecule is CCOc1cc(CC(C)Br)ccc1NC(=O)C(C)C. The molecule has 0 aliphatic rings. The van der Waals surface area contributed by atoms with Crippen LogP contribution in [0.4, 0.5) is 5.69 Å². The summed E-state index contributed by atoms with van der Waals surface area (Å²) in [7, 11) is 0. The van der Waals surface area contributed by atoms with Crippen LogP contribution in [0.5, 0.6) is 5.75 Å². The standard InChI is InChI=1S/C15H22BrNO2/c1-5-19-14-9-12(8-11(4)16)6-7-13(14)17-15(18)10(2)3/h6-7,9-11H,5,8H2,1-4H3,(H,17,18). The summed E-state index contributed by atoms with van der Waals surface area (Å²) < 4.78 is 5.61. The maximum atomic E-state index is 11.8. The number of carbonyl (C=O) groups is 1. The fraction of sp³-hybridized carbons (Fsp3) is 0.533. The Balaban J connectivity index is 2.94. The third-order valence-corrected chi connectivity index (χ3v) is 2.97. The maximum Gasteiger partial charge on any atom is 0.227 e. The maximum absolute atomic E-state index is 11.8. The van der Waals surface area contributed by atoms with E-state index in [1.165, 1.54) is 5.56 Å². The third-order valence-electron chi connectivity index (χ3n) is 2.65. The highest BCUT2D eigenvalue weighted by Crippen LogP contribution is 2.27. The van der Waals surface area contributed by atoms with Gasteiger partial charge in [-0.15, -0.1) is 0 Å². The van der Waals surface area contributed by atoms with Crippen LogP contribution in [-0.2, 0) is 11.2 Å². The molecule has 0 aliphatic carbocycles. The lowest BCUT2D eigenvalue weighted by Crippen LogP contribution is -2.18. The highest BCUT2D eigenvalue weighted by atomic mass is 79.9. The predicted molar refractivity (Wildman–Crippen MR) is 83.2 cm³/mol. The van der Waals surface area contributed by atoms with Crippen LogP contribution in [0.2, 0.25) is 0 Å². The summed E-state index contributed by atoms with van der Waals surface area (Å²) in [6.07, 6.45) is 0.929. The molecule has 4 heteroatoms. The van der Waals surface area contributed by atoms with Crippen LogP contribution in [0.1, 0.15) is 33.3 Å². The van der Waals surface area contributed by atoms with E-state index in [-0.39, 0.29) is 11.8 Å². The number of ether oxygens (including phenoxy) is 1. The van der Waals surface area contributed by atoms with Crippen molar-refractivity contribution in [3.8, 4) is 5.75 Å². The molecule has 1 aromatic rings. The van der Waals surface area contributed by atoms with Crippen molar-refractivity contribution in [3.63, 3.8) is 0 Å². The average Bonchev–Trinajstić information content (AvgIpc) is 2.31. The smallest absolute Gasteiger partial charge is 0.227 e. The summed E-state index contributed by atoms with van der Waals surface area (Å²) in [6, 6.07) is 5.93. The van der Waals surface area contributed by atoms with E-state index < -0.39 is 0 Å². The molecular weight excluding hydrogens is 306 g/mol. The zero-order chi connectivity index (χ0) is 14.4. The van der Waals surface area contributed by atoms with Gasteiger partial charge in [0.15, 0.2) is 0 Å². The summed E-state index contributed by atoms with van der Waals surface area (Å²) in [5, 5.41) is 2.90. The Bertz CT molecular complexity index is 430. The van der Waals surface area contributed by atoms with E-state index >= 15 is 0 Å². The fourth-order valence-corrected chi connectivity index (χ4v) is 2.05. The van der Waals surface area contributed by atoms with Crippen LogP contribution in [0.3, 0.4) is 0 Å². The molecule has 19 heavy (non-hydrogen) atoms. The van der Waals surface area contributed by atoms with Gasteiger partial charge in [0.1, 0.15) is 5.75 Å². The van der Waals surface area contributed by atoms with Gasteiger partial charge in [-0.25, -0.2) is 0 Å². The molecule has 1 atom stereocenters. The number of carbonyl (C=O) groups excluding carboxylic acids is 1. The zero-order valence-electron chi connectivity index (χ0n) is 12.0. The summed E-state index contributed by atoms with van der Waals surface area (Å²) in [5.41, 5.74) is 1.93. The van der Waals surface area contributed by atoms with Gasteiger partial charge in [-0.2, -0.15) is 0 Å². The van der Waals surface area contributed by atoms with Crippen molar-refractivity contribution in [2.45, 2.75) is 38.9 Å². The third kappa shape index (κ3) is 5.23. The minimum absolute atomic E-state index is 0.00237. The summed E-state index contributed by atoms with van der Waals surface area (Å²) in [4.78, 5) is 12.2. The first-order valence-electron chi connectivity index (χ1n) is 6.64. The van der Waals surface area contributed by atoms with Gasteiger partial charge in [0.25, 0.3) is 0 Å². The van der Waals surface area contributed by atoms with E-state index in [2.05, 4.69) is 28.2 Å². The first-order chi connectivity index (χ1) is 8.93. The highest BCUT2D eigenvalue weighted by Gasteiger charge is 2.12. The molecule has 0 saturated heterocycles. The zero-order valence-corrected chi connectivity index (χ0v) is 13.6. The first-order valence-corrected chi connectivity index (χ1v) is 7.56. The normalized spacial score (nSPS) is 12.3. The molecule has 1 unspecified atom stereocenters. The minimum atomic E-state index is -0.0447. The van der Waals surface area contributed by atoms with Gasteiger partial charge >= 0.3 is 0 Å². The Labute approximate surface area is 123 Å². The van der Waals surface area contributed by atoms with Crippen molar-refractivity contribution in [1.29, 1.82) is 0 Å². The second-order valence-corrected chi connectivity index (χ2v) is 6.46. The quantitative estimate of drug-likeness (QED) is 0.802. The van der Waals surface area contributed by atoms with E-state index in [1.807, 2.05) is 39.0 Å². The van der Waals surface area contributed by atoms with Crippen LogP contribution in [0.15, 0.2) is 18.2 Å². The predicted octanol–water partition coefficient (Wildman–Crippen LogP) is 4.01. The molecule has 1 amide bonds. The Kier molecular flexibility index (Phi) is 6.35. The Morgan fingerprint density at radius 2 is 2.05 bits per heavy atom. The van der Waals surface area contributed by atoms with Crippen molar-refractivity contribution in [1.82, 2.24) is 0 Å². The number of hydrogen-bond acceptors (Lipinski definition) is 2. The number of amides is 1. The Hall–Kier alpha value is -1.03. The van der Waals surface area contributed by atoms with Crippen LogP contribution in [0, 0.1) is 5.92 Å². The van der Waals surface area contributed by atoms with Crippen molar-refractivity contribution in [3.05, 3.63) is 23.8 Å². The lowest BCUT2D eigenvalue weighted by Gasteiger charge is -2.15. The molecule has 0 aromatic heterocycles. The highest BCUT2D eigenvalue weighted by molar-refractivity contribution is 9.09. The molecule has 0 aliphatic heterocycles. The van der Waals surface area contributed by atoms with E-state index in [4.69, 9.17) is 4.74 Å². The number of halogens is 1. The van der Waals surface area contributed by atoms with Gasteiger partial charge in [-0.05, 0) is 31.0 Å². The van der Waals surface area contributed by atoms with E-state index in [0.29, 0.717) is 11.4 Å². The second-order valence-electron chi connectivity index (χ2n) is 4.89. The summed E-state index contributed by atoms with van der Waals surface area (Å²) >= 11 is 3.54. The van der Waals surface area contributed by atoms with Crippen molar-refractivity contribution in [2.75, 3.05) is 11.9 Å². The molecule has 0 fully saturated rings. The molecule has 0 heterocycles. The molecule has 1 rings (SSSR count). The van der Waals surface area contributed by atoms with Crippen LogP contribution >= 0.6 is 15.9 Å². The number of benzene rings is 1. The topological polar surface area (TPSA) is 38.3 Å². The van der Waals surface area contributed by atoms with Crippen molar-refractivity contribution < 1.29 is 9.53 Å². The number of anilines is 1. The molecule has 0 saturated carbocycles. The molecule has 1 aromatic carbocycles. The minimum Gasteiger partial charge on any atom is -0.492 e. The van der Waals surface area contributed by atoms with Gasteiger partial charge in [0, 0.05) is 10.7 Å². The molecule has 0 bridgehead atoms. The van der Waals surface area contributed by atoms with Gasteiger partial charge in [0.05, 0.1) is 12.3 Å². The molecule has 3 nitrogen and oxygen atoms in total. The monoisotopic (exact) mass is 327 g/mol. The lowest BCUT2D eigenvalue weighted by atomic mass is 10.1. The number of rotatable bonds is 6. The van der Waals surface area contributed by atoms with Crippen molar-refractivity contribution in [2.24, 2.45) is 5.92 Å². The van der Waals surface area contributed by atoms with Gasteiger partial charge < -0.3 is 10.1 Å².